The van der Waals surface area contributed by atoms with E-state index in [1.807, 2.05) is 0 Å². The molecule has 18 heavy (non-hydrogen) atoms. The summed E-state index contributed by atoms with van der Waals surface area (Å²) in [5, 5.41) is 31.2. The molecule has 0 radical (unpaired) electrons. The van der Waals surface area contributed by atoms with Crippen LogP contribution in [0.4, 0.5) is 0 Å². The van der Waals surface area contributed by atoms with Gasteiger partial charge in [0.05, 0.1) is 6.42 Å². The summed E-state index contributed by atoms with van der Waals surface area (Å²) in [6, 6.07) is 0. The molecule has 8 nitrogen and oxygen atoms in total. The summed E-state index contributed by atoms with van der Waals surface area (Å²) in [5.74, 6) is -5.26. The topological polar surface area (TPSA) is 149 Å². The molecule has 0 aromatic heterocycles. The summed E-state index contributed by atoms with van der Waals surface area (Å²) < 4.78 is 0. The van der Waals surface area contributed by atoms with Crippen molar-refractivity contribution in [2.24, 2.45) is 0 Å². The standard InChI is InChI=1S/C5H6O4.C4H3ClO4/c1-3(5(8)9)2-4(6)7;5-2(4(8)9)1-3(6)7/h1-2H2,(H,6,7)(H,8,9);1H,(H,6,7)(H,8,9)/b;2-1+. The zero-order chi connectivity index (χ0) is 14.9. The van der Waals surface area contributed by atoms with Crippen molar-refractivity contribution in [3.8, 4) is 0 Å². The van der Waals surface area contributed by atoms with E-state index in [0.29, 0.717) is 6.08 Å². The van der Waals surface area contributed by atoms with Crippen molar-refractivity contribution in [3.63, 3.8) is 0 Å². The minimum atomic E-state index is -1.45. The molecule has 0 saturated carbocycles. The summed E-state index contributed by atoms with van der Waals surface area (Å²) in [6.45, 7) is 3.01. The average Bonchev–Trinajstić information content (AvgIpc) is 2.16. The Morgan fingerprint density at radius 1 is 1.00 bits per heavy atom. The zero-order valence-corrected chi connectivity index (χ0v) is 9.55. The number of rotatable bonds is 5. The molecule has 0 aromatic rings. The van der Waals surface area contributed by atoms with E-state index in [-0.39, 0.29) is 5.57 Å². The Morgan fingerprint density at radius 2 is 1.44 bits per heavy atom. The predicted molar refractivity (Wildman–Crippen MR) is 58.2 cm³/mol. The molecule has 0 fully saturated rings. The summed E-state index contributed by atoms with van der Waals surface area (Å²) in [4.78, 5) is 39.1. The van der Waals surface area contributed by atoms with Gasteiger partial charge >= 0.3 is 23.9 Å². The van der Waals surface area contributed by atoms with E-state index >= 15 is 0 Å². The fraction of sp³-hybridized carbons (Fsp3) is 0.111. The van der Waals surface area contributed by atoms with Crippen molar-refractivity contribution in [2.45, 2.75) is 6.42 Å². The normalized spacial score (nSPS) is 9.72. The number of aliphatic carboxylic acids is 4. The summed E-state index contributed by atoms with van der Waals surface area (Å²) >= 11 is 4.89. The Kier molecular flexibility index (Phi) is 8.78. The minimum Gasteiger partial charge on any atom is -0.481 e. The summed E-state index contributed by atoms with van der Waals surface area (Å²) in [6.07, 6.45) is -0.0980. The molecule has 4 N–H and O–H groups in total. The third-order valence-electron chi connectivity index (χ3n) is 1.12. The van der Waals surface area contributed by atoms with E-state index in [2.05, 4.69) is 6.58 Å². The third kappa shape index (κ3) is 11.7. The van der Waals surface area contributed by atoms with Gasteiger partial charge in [0.15, 0.2) is 0 Å². The molecule has 0 aliphatic carbocycles. The van der Waals surface area contributed by atoms with E-state index in [1.165, 1.54) is 0 Å². The molecular weight excluding hydrogens is 272 g/mol. The molecule has 0 spiro atoms. The van der Waals surface area contributed by atoms with Gasteiger partial charge in [0.1, 0.15) is 5.03 Å². The SMILES string of the molecule is C=C(CC(=O)O)C(=O)O.O=C(O)/C=C(/Cl)C(=O)O. The molecule has 0 aliphatic heterocycles. The van der Waals surface area contributed by atoms with Crippen LogP contribution >= 0.6 is 11.6 Å². The maximum Gasteiger partial charge on any atom is 0.347 e. The van der Waals surface area contributed by atoms with E-state index in [0.717, 1.165) is 0 Å². The quantitative estimate of drug-likeness (QED) is 0.528. The molecule has 0 rings (SSSR count). The molecule has 0 aliphatic rings. The predicted octanol–water partition coefficient (Wildman–Crippen LogP) is 0.380. The lowest BCUT2D eigenvalue weighted by atomic mass is 10.2. The molecule has 9 heteroatoms. The van der Waals surface area contributed by atoms with E-state index < -0.39 is 35.3 Å². The van der Waals surface area contributed by atoms with Gasteiger partial charge in [-0.2, -0.15) is 0 Å². The Bertz CT molecular complexity index is 409. The minimum absolute atomic E-state index is 0.303. The second kappa shape index (κ2) is 8.76. The Balaban J connectivity index is 0. The number of halogens is 1. The number of hydrogen-bond donors (Lipinski definition) is 4. The first kappa shape index (κ1) is 18.0. The molecule has 0 heterocycles. The lowest BCUT2D eigenvalue weighted by Gasteiger charge is -1.91. The monoisotopic (exact) mass is 280 g/mol. The Morgan fingerprint density at radius 3 is 1.56 bits per heavy atom. The van der Waals surface area contributed by atoms with E-state index in [1.54, 1.807) is 0 Å². The van der Waals surface area contributed by atoms with Crippen molar-refractivity contribution >= 4 is 35.5 Å². The Hall–Kier alpha value is -2.35. The number of carboxylic acids is 4. The van der Waals surface area contributed by atoms with Crippen LogP contribution in [0.15, 0.2) is 23.3 Å². The average molecular weight is 281 g/mol. The summed E-state index contributed by atoms with van der Waals surface area (Å²) in [7, 11) is 0. The molecule has 0 unspecified atom stereocenters. The second-order valence-corrected chi connectivity index (χ2v) is 3.02. The third-order valence-corrected chi connectivity index (χ3v) is 1.39. The summed E-state index contributed by atoms with van der Waals surface area (Å²) in [5.41, 5.74) is -0.303. The molecule has 0 amide bonds. The van der Waals surface area contributed by atoms with Crippen LogP contribution in [0.3, 0.4) is 0 Å². The van der Waals surface area contributed by atoms with Crippen LogP contribution in [0, 0.1) is 0 Å². The maximum atomic E-state index is 9.87. The highest BCUT2D eigenvalue weighted by Gasteiger charge is 2.07. The van der Waals surface area contributed by atoms with Gasteiger partial charge in [0.2, 0.25) is 0 Å². The van der Waals surface area contributed by atoms with Gasteiger partial charge in [-0.1, -0.05) is 18.2 Å². The van der Waals surface area contributed by atoms with E-state index in [9.17, 15) is 19.2 Å². The lowest BCUT2D eigenvalue weighted by Crippen LogP contribution is -2.04. The number of hydrogen-bond acceptors (Lipinski definition) is 4. The highest BCUT2D eigenvalue weighted by Crippen LogP contribution is 1.99. The molecule has 0 bridgehead atoms. The number of carbonyl (C=O) groups is 4. The van der Waals surface area contributed by atoms with Gasteiger partial charge in [0.25, 0.3) is 0 Å². The molecular formula is C9H9ClO8. The van der Waals surface area contributed by atoms with Crippen LogP contribution in [-0.2, 0) is 19.2 Å². The van der Waals surface area contributed by atoms with Crippen LogP contribution in [0.2, 0.25) is 0 Å². The van der Waals surface area contributed by atoms with Gasteiger partial charge in [-0.25, -0.2) is 14.4 Å². The largest absolute Gasteiger partial charge is 0.481 e. The molecule has 100 valence electrons. The van der Waals surface area contributed by atoms with Gasteiger partial charge in [0, 0.05) is 11.6 Å². The van der Waals surface area contributed by atoms with Crippen LogP contribution in [0.25, 0.3) is 0 Å². The van der Waals surface area contributed by atoms with Crippen molar-refractivity contribution in [1.29, 1.82) is 0 Å². The van der Waals surface area contributed by atoms with Crippen molar-refractivity contribution in [2.75, 3.05) is 0 Å². The van der Waals surface area contributed by atoms with Gasteiger partial charge in [-0.05, 0) is 0 Å². The molecule has 0 saturated heterocycles. The molecule has 0 aromatic carbocycles. The van der Waals surface area contributed by atoms with Gasteiger partial charge in [-0.15, -0.1) is 0 Å². The fourth-order valence-corrected chi connectivity index (χ4v) is 0.522. The first-order chi connectivity index (χ1) is 8.07. The fourth-order valence-electron chi connectivity index (χ4n) is 0.428. The Labute approximate surface area is 105 Å². The first-order valence-electron chi connectivity index (χ1n) is 4.04. The first-order valence-corrected chi connectivity index (χ1v) is 4.42. The highest BCUT2D eigenvalue weighted by molar-refractivity contribution is 6.42. The van der Waals surface area contributed by atoms with Crippen molar-refractivity contribution in [3.05, 3.63) is 23.3 Å². The van der Waals surface area contributed by atoms with Gasteiger partial charge < -0.3 is 20.4 Å². The number of carboxylic acid groups (broad SMARTS) is 4. The zero-order valence-electron chi connectivity index (χ0n) is 8.79. The molecule has 0 atom stereocenters. The van der Waals surface area contributed by atoms with Crippen LogP contribution < -0.4 is 0 Å². The van der Waals surface area contributed by atoms with Crippen LogP contribution in [0.5, 0.6) is 0 Å². The van der Waals surface area contributed by atoms with Crippen LogP contribution in [0.1, 0.15) is 6.42 Å². The van der Waals surface area contributed by atoms with E-state index in [4.69, 9.17) is 32.0 Å². The smallest absolute Gasteiger partial charge is 0.347 e. The van der Waals surface area contributed by atoms with Crippen molar-refractivity contribution in [1.82, 2.24) is 0 Å². The van der Waals surface area contributed by atoms with Crippen LogP contribution in [-0.4, -0.2) is 44.3 Å². The second-order valence-electron chi connectivity index (χ2n) is 2.61. The van der Waals surface area contributed by atoms with Crippen molar-refractivity contribution < 1.29 is 39.6 Å². The highest BCUT2D eigenvalue weighted by atomic mass is 35.5. The van der Waals surface area contributed by atoms with Gasteiger partial charge in [-0.3, -0.25) is 4.79 Å². The lowest BCUT2D eigenvalue weighted by molar-refractivity contribution is -0.139. The maximum absolute atomic E-state index is 9.87.